The molecule has 0 amide bonds. The van der Waals surface area contributed by atoms with E-state index in [1.54, 1.807) is 0 Å². The van der Waals surface area contributed by atoms with Crippen LogP contribution >= 0.6 is 11.6 Å². The van der Waals surface area contributed by atoms with Gasteiger partial charge in [-0.15, -0.1) is 0 Å². The third-order valence-electron chi connectivity index (χ3n) is 2.96. The van der Waals surface area contributed by atoms with E-state index in [2.05, 4.69) is 0 Å². The molecule has 0 saturated carbocycles. The van der Waals surface area contributed by atoms with E-state index in [-0.39, 0.29) is 12.7 Å². The maximum Gasteiger partial charge on any atom is 0.107 e. The fraction of sp³-hybridized carbons (Fsp3) is 0.500. The standard InChI is InChI=1S/C12H15ClO3/c1-7-4-8(2-3-9(7)13)11-5-10(15)12(6-14)16-11/h2-4,10-12,14-15H,5-6H2,1H3/t10-,11-,12-/m1/s1. The molecule has 88 valence electrons. The van der Waals surface area contributed by atoms with E-state index in [0.717, 1.165) is 16.1 Å². The summed E-state index contributed by atoms with van der Waals surface area (Å²) in [7, 11) is 0. The zero-order valence-corrected chi connectivity index (χ0v) is 9.81. The average molecular weight is 243 g/mol. The summed E-state index contributed by atoms with van der Waals surface area (Å²) in [5, 5.41) is 19.4. The number of rotatable bonds is 2. The van der Waals surface area contributed by atoms with Crippen LogP contribution in [0, 0.1) is 6.92 Å². The number of halogens is 1. The zero-order chi connectivity index (χ0) is 11.7. The quantitative estimate of drug-likeness (QED) is 0.832. The first-order chi connectivity index (χ1) is 7.61. The Morgan fingerprint density at radius 2 is 2.25 bits per heavy atom. The average Bonchev–Trinajstić information content (AvgIpc) is 2.64. The van der Waals surface area contributed by atoms with Gasteiger partial charge in [-0.2, -0.15) is 0 Å². The van der Waals surface area contributed by atoms with E-state index in [4.69, 9.17) is 21.4 Å². The summed E-state index contributed by atoms with van der Waals surface area (Å²) >= 11 is 5.94. The monoisotopic (exact) mass is 242 g/mol. The lowest BCUT2D eigenvalue weighted by atomic mass is 10.0. The fourth-order valence-corrected chi connectivity index (χ4v) is 2.09. The smallest absolute Gasteiger partial charge is 0.107 e. The van der Waals surface area contributed by atoms with Crippen molar-refractivity contribution in [2.24, 2.45) is 0 Å². The molecule has 2 N–H and O–H groups in total. The molecule has 1 aromatic carbocycles. The van der Waals surface area contributed by atoms with Crippen molar-refractivity contribution in [3.8, 4) is 0 Å². The molecule has 0 unspecified atom stereocenters. The minimum absolute atomic E-state index is 0.149. The zero-order valence-electron chi connectivity index (χ0n) is 9.06. The largest absolute Gasteiger partial charge is 0.394 e. The summed E-state index contributed by atoms with van der Waals surface area (Å²) < 4.78 is 5.56. The van der Waals surface area contributed by atoms with Crippen LogP contribution in [-0.4, -0.2) is 29.0 Å². The van der Waals surface area contributed by atoms with E-state index in [1.165, 1.54) is 0 Å². The second-order valence-corrected chi connectivity index (χ2v) is 4.56. The van der Waals surface area contributed by atoms with E-state index >= 15 is 0 Å². The molecule has 0 radical (unpaired) electrons. The molecule has 3 nitrogen and oxygen atoms in total. The Morgan fingerprint density at radius 1 is 1.50 bits per heavy atom. The number of hydrogen-bond acceptors (Lipinski definition) is 3. The van der Waals surface area contributed by atoms with Gasteiger partial charge in [0, 0.05) is 11.4 Å². The lowest BCUT2D eigenvalue weighted by Gasteiger charge is -2.13. The molecule has 1 fully saturated rings. The van der Waals surface area contributed by atoms with Gasteiger partial charge < -0.3 is 14.9 Å². The molecule has 1 aliphatic heterocycles. The van der Waals surface area contributed by atoms with Gasteiger partial charge in [-0.1, -0.05) is 23.7 Å². The van der Waals surface area contributed by atoms with Crippen molar-refractivity contribution in [2.75, 3.05) is 6.61 Å². The summed E-state index contributed by atoms with van der Waals surface area (Å²) in [6.45, 7) is 1.78. The van der Waals surface area contributed by atoms with Crippen LogP contribution in [0.3, 0.4) is 0 Å². The molecule has 0 spiro atoms. The van der Waals surface area contributed by atoms with E-state index in [9.17, 15) is 5.11 Å². The van der Waals surface area contributed by atoms with Gasteiger partial charge in [0.25, 0.3) is 0 Å². The van der Waals surface area contributed by atoms with Crippen molar-refractivity contribution >= 4 is 11.6 Å². The molecule has 1 saturated heterocycles. The molecule has 1 aromatic rings. The molecule has 1 heterocycles. The normalized spacial score (nSPS) is 29.6. The third-order valence-corrected chi connectivity index (χ3v) is 3.38. The van der Waals surface area contributed by atoms with E-state index < -0.39 is 12.2 Å². The Labute approximate surface area is 99.6 Å². The van der Waals surface area contributed by atoms with Crippen LogP contribution in [-0.2, 0) is 4.74 Å². The van der Waals surface area contributed by atoms with Crippen LogP contribution < -0.4 is 0 Å². The number of aliphatic hydroxyl groups is 2. The Bertz CT molecular complexity index is 381. The second-order valence-electron chi connectivity index (χ2n) is 4.16. The molecule has 4 heteroatoms. The Balaban J connectivity index is 2.17. The van der Waals surface area contributed by atoms with Crippen LogP contribution in [0.1, 0.15) is 23.7 Å². The highest BCUT2D eigenvalue weighted by Gasteiger charge is 2.34. The van der Waals surface area contributed by atoms with Crippen LogP contribution in [0.15, 0.2) is 18.2 Å². The summed E-state index contributed by atoms with van der Waals surface area (Å²) in [6, 6.07) is 5.68. The van der Waals surface area contributed by atoms with Gasteiger partial charge >= 0.3 is 0 Å². The molecule has 2 rings (SSSR count). The SMILES string of the molecule is Cc1cc([C@H]2C[C@@H](O)[C@@H](CO)O2)ccc1Cl. The highest BCUT2D eigenvalue weighted by Crippen LogP contribution is 2.34. The lowest BCUT2D eigenvalue weighted by Crippen LogP contribution is -2.24. The molecule has 1 aliphatic rings. The van der Waals surface area contributed by atoms with E-state index in [1.807, 2.05) is 25.1 Å². The lowest BCUT2D eigenvalue weighted by molar-refractivity contribution is -0.0225. The summed E-state index contributed by atoms with van der Waals surface area (Å²) in [5.41, 5.74) is 1.99. The van der Waals surface area contributed by atoms with Gasteiger partial charge in [-0.3, -0.25) is 0 Å². The highest BCUT2D eigenvalue weighted by molar-refractivity contribution is 6.31. The predicted molar refractivity (Wildman–Crippen MR) is 61.5 cm³/mol. The Hall–Kier alpha value is -0.610. The number of hydrogen-bond donors (Lipinski definition) is 2. The summed E-state index contributed by atoms with van der Waals surface area (Å²) in [6.07, 6.45) is -0.693. The summed E-state index contributed by atoms with van der Waals surface area (Å²) in [4.78, 5) is 0. The topological polar surface area (TPSA) is 49.7 Å². The number of ether oxygens (including phenoxy) is 1. The third kappa shape index (κ3) is 2.23. The minimum atomic E-state index is -0.592. The van der Waals surface area contributed by atoms with Crippen molar-refractivity contribution < 1.29 is 14.9 Å². The highest BCUT2D eigenvalue weighted by atomic mass is 35.5. The molecular weight excluding hydrogens is 228 g/mol. The van der Waals surface area contributed by atoms with Gasteiger partial charge in [-0.05, 0) is 24.1 Å². The van der Waals surface area contributed by atoms with Gasteiger partial charge in [0.1, 0.15) is 6.10 Å². The molecule has 16 heavy (non-hydrogen) atoms. The minimum Gasteiger partial charge on any atom is -0.394 e. The maximum atomic E-state index is 9.63. The first-order valence-corrected chi connectivity index (χ1v) is 5.70. The fourth-order valence-electron chi connectivity index (χ4n) is 1.98. The second kappa shape index (κ2) is 4.72. The Kier molecular flexibility index (Phi) is 3.50. The summed E-state index contributed by atoms with van der Waals surface area (Å²) in [5.74, 6) is 0. The number of benzene rings is 1. The van der Waals surface area contributed by atoms with Crippen molar-refractivity contribution in [2.45, 2.75) is 31.7 Å². The van der Waals surface area contributed by atoms with Crippen molar-refractivity contribution in [1.29, 1.82) is 0 Å². The van der Waals surface area contributed by atoms with Crippen LogP contribution in [0.2, 0.25) is 5.02 Å². The molecule has 0 aliphatic carbocycles. The maximum absolute atomic E-state index is 9.63. The number of aryl methyl sites for hydroxylation is 1. The Morgan fingerprint density at radius 3 is 2.81 bits per heavy atom. The van der Waals surface area contributed by atoms with Crippen molar-refractivity contribution in [1.82, 2.24) is 0 Å². The van der Waals surface area contributed by atoms with Crippen LogP contribution in [0.5, 0.6) is 0 Å². The molecule has 0 aromatic heterocycles. The van der Waals surface area contributed by atoms with Gasteiger partial charge in [0.05, 0.1) is 18.8 Å². The predicted octanol–water partition coefficient (Wildman–Crippen LogP) is 1.83. The molecule has 0 bridgehead atoms. The van der Waals surface area contributed by atoms with Gasteiger partial charge in [0.2, 0.25) is 0 Å². The molecular formula is C12H15ClO3. The van der Waals surface area contributed by atoms with Crippen molar-refractivity contribution in [3.63, 3.8) is 0 Å². The van der Waals surface area contributed by atoms with Gasteiger partial charge in [-0.25, -0.2) is 0 Å². The van der Waals surface area contributed by atoms with Crippen LogP contribution in [0.4, 0.5) is 0 Å². The van der Waals surface area contributed by atoms with Crippen molar-refractivity contribution in [3.05, 3.63) is 34.3 Å². The number of aliphatic hydroxyl groups excluding tert-OH is 2. The first-order valence-electron chi connectivity index (χ1n) is 5.32. The van der Waals surface area contributed by atoms with E-state index in [0.29, 0.717) is 6.42 Å². The molecule has 3 atom stereocenters. The van der Waals surface area contributed by atoms with Gasteiger partial charge in [0.15, 0.2) is 0 Å². The first kappa shape index (κ1) is 11.9. The van der Waals surface area contributed by atoms with Crippen LogP contribution in [0.25, 0.3) is 0 Å².